The van der Waals surface area contributed by atoms with E-state index in [2.05, 4.69) is 21.8 Å². The zero-order chi connectivity index (χ0) is 25.8. The monoisotopic (exact) mass is 498 g/mol. The van der Waals surface area contributed by atoms with Crippen molar-refractivity contribution in [3.63, 3.8) is 0 Å². The Kier molecular flexibility index (Phi) is 7.40. The SMILES string of the molecule is CCC(NC(=O)c1ccc2c(c1)nc(-c1ccccn1)n2C1CCCCC1)c1ccc(OC)c(OC)c1. The van der Waals surface area contributed by atoms with Gasteiger partial charge in [0.05, 0.1) is 31.3 Å². The molecule has 1 saturated carbocycles. The number of carbonyl (C=O) groups is 1. The second kappa shape index (κ2) is 11.0. The van der Waals surface area contributed by atoms with Crippen molar-refractivity contribution in [2.24, 2.45) is 0 Å². The molecule has 0 saturated heterocycles. The molecular weight excluding hydrogens is 464 g/mol. The van der Waals surface area contributed by atoms with E-state index in [1.807, 2.05) is 54.6 Å². The molecule has 1 aliphatic carbocycles. The van der Waals surface area contributed by atoms with Gasteiger partial charge in [-0.15, -0.1) is 0 Å². The Labute approximate surface area is 217 Å². The molecule has 1 aliphatic rings. The summed E-state index contributed by atoms with van der Waals surface area (Å²) >= 11 is 0. The first-order valence-electron chi connectivity index (χ1n) is 13.1. The Morgan fingerprint density at radius 2 is 1.84 bits per heavy atom. The lowest BCUT2D eigenvalue weighted by Crippen LogP contribution is -2.28. The molecule has 1 amide bonds. The van der Waals surface area contributed by atoms with E-state index in [0.717, 1.165) is 47.4 Å². The van der Waals surface area contributed by atoms with Crippen LogP contribution in [0.25, 0.3) is 22.6 Å². The van der Waals surface area contributed by atoms with E-state index < -0.39 is 0 Å². The van der Waals surface area contributed by atoms with Gasteiger partial charge in [-0.2, -0.15) is 0 Å². The topological polar surface area (TPSA) is 78.3 Å². The summed E-state index contributed by atoms with van der Waals surface area (Å²) in [5.41, 5.74) is 4.28. The third kappa shape index (κ3) is 5.03. The number of ether oxygens (including phenoxy) is 2. The minimum atomic E-state index is -0.160. The molecule has 7 heteroatoms. The maximum Gasteiger partial charge on any atom is 0.251 e. The summed E-state index contributed by atoms with van der Waals surface area (Å²) in [7, 11) is 3.23. The standard InChI is InChI=1S/C30H34N4O3/c1-4-23(20-14-16-27(36-2)28(19-20)37-3)33-30(35)21-13-15-26-25(18-21)32-29(24-12-8-9-17-31-24)34(26)22-10-6-5-7-11-22/h8-9,12-19,22-23H,4-7,10-11H2,1-3H3,(H,33,35). The normalized spacial score (nSPS) is 14.9. The van der Waals surface area contributed by atoms with E-state index in [4.69, 9.17) is 14.5 Å². The molecular formula is C30H34N4O3. The van der Waals surface area contributed by atoms with E-state index in [0.29, 0.717) is 23.1 Å². The first-order valence-corrected chi connectivity index (χ1v) is 13.1. The predicted molar refractivity (Wildman–Crippen MR) is 145 cm³/mol. The Bertz CT molecular complexity index is 1380. The smallest absolute Gasteiger partial charge is 0.251 e. The van der Waals surface area contributed by atoms with Crippen molar-refractivity contribution in [2.75, 3.05) is 14.2 Å². The van der Waals surface area contributed by atoms with Crippen molar-refractivity contribution in [3.8, 4) is 23.0 Å². The summed E-state index contributed by atoms with van der Waals surface area (Å²) in [6, 6.07) is 17.7. The largest absolute Gasteiger partial charge is 0.493 e. The fourth-order valence-electron chi connectivity index (χ4n) is 5.36. The van der Waals surface area contributed by atoms with Crippen LogP contribution in [0.15, 0.2) is 60.8 Å². The van der Waals surface area contributed by atoms with Crippen molar-refractivity contribution in [3.05, 3.63) is 71.9 Å². The number of hydrogen-bond acceptors (Lipinski definition) is 5. The van der Waals surface area contributed by atoms with Crippen LogP contribution in [0.3, 0.4) is 0 Å². The van der Waals surface area contributed by atoms with Crippen molar-refractivity contribution in [1.29, 1.82) is 0 Å². The number of fused-ring (bicyclic) bond motifs is 1. The zero-order valence-corrected chi connectivity index (χ0v) is 21.7. The van der Waals surface area contributed by atoms with E-state index >= 15 is 0 Å². The third-order valence-electron chi connectivity index (χ3n) is 7.31. The number of hydrogen-bond donors (Lipinski definition) is 1. The summed E-state index contributed by atoms with van der Waals surface area (Å²) in [4.78, 5) is 22.9. The number of pyridine rings is 1. The van der Waals surface area contributed by atoms with Crippen molar-refractivity contribution < 1.29 is 14.3 Å². The molecule has 1 atom stereocenters. The van der Waals surface area contributed by atoms with Crippen LogP contribution in [0, 0.1) is 0 Å². The highest BCUT2D eigenvalue weighted by Gasteiger charge is 2.24. The van der Waals surface area contributed by atoms with Crippen LogP contribution in [0.1, 0.15) is 73.5 Å². The van der Waals surface area contributed by atoms with Gasteiger partial charge >= 0.3 is 0 Å². The Hall–Kier alpha value is -3.87. The molecule has 4 aromatic rings. The zero-order valence-electron chi connectivity index (χ0n) is 21.7. The predicted octanol–water partition coefficient (Wildman–Crippen LogP) is 6.50. The number of methoxy groups -OCH3 is 2. The van der Waals surface area contributed by atoms with Gasteiger partial charge in [-0.05, 0) is 67.3 Å². The highest BCUT2D eigenvalue weighted by Crippen LogP contribution is 2.36. The molecule has 1 fully saturated rings. The van der Waals surface area contributed by atoms with Crippen molar-refractivity contribution in [2.45, 2.75) is 57.5 Å². The summed E-state index contributed by atoms with van der Waals surface area (Å²) in [5, 5.41) is 3.19. The maximum absolute atomic E-state index is 13.4. The summed E-state index contributed by atoms with van der Waals surface area (Å²) < 4.78 is 13.2. The minimum absolute atomic E-state index is 0.130. The first-order chi connectivity index (χ1) is 18.1. The molecule has 5 rings (SSSR count). The molecule has 2 heterocycles. The number of carbonyl (C=O) groups excluding carboxylic acids is 1. The summed E-state index contributed by atoms with van der Waals surface area (Å²) in [5.74, 6) is 2.05. The highest BCUT2D eigenvalue weighted by atomic mass is 16.5. The van der Waals surface area contributed by atoms with Crippen molar-refractivity contribution >= 4 is 16.9 Å². The second-order valence-corrected chi connectivity index (χ2v) is 9.56. The van der Waals surface area contributed by atoms with Gasteiger partial charge < -0.3 is 19.4 Å². The number of amides is 1. The fourth-order valence-corrected chi connectivity index (χ4v) is 5.36. The van der Waals surface area contributed by atoms with Gasteiger partial charge in [-0.1, -0.05) is 38.3 Å². The van der Waals surface area contributed by atoms with Gasteiger partial charge in [0.2, 0.25) is 0 Å². The summed E-state index contributed by atoms with van der Waals surface area (Å²) in [6.07, 6.45) is 8.54. The van der Waals surface area contributed by atoms with Crippen LogP contribution in [0.4, 0.5) is 0 Å². The van der Waals surface area contributed by atoms with Gasteiger partial charge in [0.15, 0.2) is 17.3 Å². The number of rotatable bonds is 8. The lowest BCUT2D eigenvalue weighted by molar-refractivity contribution is 0.0935. The number of nitrogens with zero attached hydrogens (tertiary/aromatic N) is 3. The molecule has 192 valence electrons. The minimum Gasteiger partial charge on any atom is -0.493 e. The van der Waals surface area contributed by atoms with Gasteiger partial charge in [-0.3, -0.25) is 9.78 Å². The van der Waals surface area contributed by atoms with E-state index in [1.165, 1.54) is 19.3 Å². The van der Waals surface area contributed by atoms with E-state index in [9.17, 15) is 4.79 Å². The lowest BCUT2D eigenvalue weighted by atomic mass is 9.95. The van der Waals surface area contributed by atoms with Crippen LogP contribution in [-0.2, 0) is 0 Å². The Balaban J connectivity index is 1.47. The average molecular weight is 499 g/mol. The van der Waals surface area contributed by atoms with Crippen LogP contribution in [0.5, 0.6) is 11.5 Å². The maximum atomic E-state index is 13.4. The lowest BCUT2D eigenvalue weighted by Gasteiger charge is -2.25. The van der Waals surface area contributed by atoms with Crippen molar-refractivity contribution in [1.82, 2.24) is 19.9 Å². The first kappa shape index (κ1) is 24.8. The van der Waals surface area contributed by atoms with Crippen LogP contribution < -0.4 is 14.8 Å². The van der Waals surface area contributed by atoms with Gasteiger partial charge in [0, 0.05) is 17.8 Å². The van der Waals surface area contributed by atoms with Crippen LogP contribution >= 0.6 is 0 Å². The van der Waals surface area contributed by atoms with Crippen LogP contribution in [0.2, 0.25) is 0 Å². The van der Waals surface area contributed by atoms with Gasteiger partial charge in [0.25, 0.3) is 5.91 Å². The Morgan fingerprint density at radius 1 is 1.03 bits per heavy atom. The molecule has 7 nitrogen and oxygen atoms in total. The number of nitrogens with one attached hydrogen (secondary N) is 1. The molecule has 2 aromatic carbocycles. The highest BCUT2D eigenvalue weighted by molar-refractivity contribution is 5.98. The molecule has 0 aliphatic heterocycles. The number of aromatic nitrogens is 3. The number of imidazole rings is 1. The summed E-state index contributed by atoms with van der Waals surface area (Å²) in [6.45, 7) is 2.05. The second-order valence-electron chi connectivity index (χ2n) is 9.56. The quantitative estimate of drug-likeness (QED) is 0.300. The average Bonchev–Trinajstić information content (AvgIpc) is 3.35. The van der Waals surface area contributed by atoms with Gasteiger partial charge in [-0.25, -0.2) is 4.98 Å². The fraction of sp³-hybridized carbons (Fsp3) is 0.367. The molecule has 0 bridgehead atoms. The third-order valence-corrected chi connectivity index (χ3v) is 7.31. The molecule has 37 heavy (non-hydrogen) atoms. The Morgan fingerprint density at radius 3 is 2.54 bits per heavy atom. The molecule has 1 unspecified atom stereocenters. The molecule has 1 N–H and O–H groups in total. The molecule has 0 radical (unpaired) electrons. The van der Waals surface area contributed by atoms with E-state index in [-0.39, 0.29) is 11.9 Å². The van der Waals surface area contributed by atoms with Gasteiger partial charge in [0.1, 0.15) is 5.69 Å². The van der Waals surface area contributed by atoms with E-state index in [1.54, 1.807) is 20.4 Å². The van der Waals surface area contributed by atoms with Crippen LogP contribution in [-0.4, -0.2) is 34.7 Å². The molecule has 2 aromatic heterocycles. The number of benzene rings is 2. The molecule has 0 spiro atoms.